The van der Waals surface area contributed by atoms with Gasteiger partial charge >= 0.3 is 5.97 Å². The molecule has 0 saturated carbocycles. The highest BCUT2D eigenvalue weighted by molar-refractivity contribution is 6.74. The van der Waals surface area contributed by atoms with Gasteiger partial charge in [0.2, 0.25) is 0 Å². The summed E-state index contributed by atoms with van der Waals surface area (Å²) in [7, 11) is -1.65. The molecule has 0 fully saturated rings. The Morgan fingerprint density at radius 1 is 1.24 bits per heavy atom. The molecule has 4 heteroatoms. The molecule has 0 aliphatic rings. The van der Waals surface area contributed by atoms with Gasteiger partial charge in [0.25, 0.3) is 0 Å². The van der Waals surface area contributed by atoms with E-state index in [2.05, 4.69) is 38.6 Å². The molecule has 17 heavy (non-hydrogen) atoms. The van der Waals surface area contributed by atoms with Gasteiger partial charge in [-0.1, -0.05) is 32.9 Å². The van der Waals surface area contributed by atoms with Gasteiger partial charge in [0.1, 0.15) is 0 Å². The molecule has 0 N–H and O–H groups in total. The van der Waals surface area contributed by atoms with Crippen LogP contribution in [0.1, 0.15) is 27.7 Å². The van der Waals surface area contributed by atoms with Crippen molar-refractivity contribution in [3.63, 3.8) is 0 Å². The van der Waals surface area contributed by atoms with Gasteiger partial charge in [-0.05, 0) is 24.2 Å². The molecule has 0 radical (unpaired) electrons. The Bertz CT molecular complexity index is 298. The summed E-state index contributed by atoms with van der Waals surface area (Å²) >= 11 is 0. The number of ether oxygens (including phenoxy) is 1. The van der Waals surface area contributed by atoms with Gasteiger partial charge in [0.05, 0.1) is 12.9 Å². The van der Waals surface area contributed by atoms with E-state index in [-0.39, 0.29) is 11.0 Å². The highest BCUT2D eigenvalue weighted by Crippen LogP contribution is 2.36. The van der Waals surface area contributed by atoms with E-state index in [0.717, 1.165) is 0 Å². The van der Waals surface area contributed by atoms with Crippen molar-refractivity contribution in [2.75, 3.05) is 6.61 Å². The van der Waals surface area contributed by atoms with Crippen molar-refractivity contribution in [3.05, 3.63) is 24.5 Å². The highest BCUT2D eigenvalue weighted by Gasteiger charge is 2.36. The zero-order chi connectivity index (χ0) is 13.5. The first-order valence-corrected chi connectivity index (χ1v) is 8.70. The van der Waals surface area contributed by atoms with Crippen LogP contribution in [0.15, 0.2) is 24.5 Å². The third-order valence-corrected chi connectivity index (χ3v) is 7.41. The minimum Gasteiger partial charge on any atom is -0.435 e. The number of carbonyl (C=O) groups excluding carboxylic acids is 1. The zero-order valence-corrected chi connectivity index (χ0v) is 12.7. The van der Waals surface area contributed by atoms with Crippen LogP contribution >= 0.6 is 0 Å². The molecular weight excluding hydrogens is 232 g/mol. The molecule has 0 rings (SSSR count). The predicted octanol–water partition coefficient (Wildman–Crippen LogP) is 3.64. The summed E-state index contributed by atoms with van der Waals surface area (Å²) in [6.45, 7) is 13.0. The van der Waals surface area contributed by atoms with E-state index in [4.69, 9.17) is 4.43 Å². The van der Waals surface area contributed by atoms with Crippen molar-refractivity contribution in [3.8, 4) is 0 Å². The number of allylic oxidation sites excluding steroid dienone is 2. The fourth-order valence-electron chi connectivity index (χ4n) is 0.788. The Hall–Kier alpha value is -0.873. The summed E-state index contributed by atoms with van der Waals surface area (Å²) < 4.78 is 10.6. The van der Waals surface area contributed by atoms with Gasteiger partial charge in [0, 0.05) is 6.92 Å². The van der Waals surface area contributed by atoms with Crippen molar-refractivity contribution in [1.82, 2.24) is 0 Å². The van der Waals surface area contributed by atoms with Crippen LogP contribution in [0.2, 0.25) is 18.1 Å². The average Bonchev–Trinajstić information content (AvgIpc) is 2.13. The second kappa shape index (κ2) is 6.76. The molecule has 98 valence electrons. The smallest absolute Gasteiger partial charge is 0.307 e. The van der Waals surface area contributed by atoms with Gasteiger partial charge < -0.3 is 9.16 Å². The van der Waals surface area contributed by atoms with E-state index in [1.54, 1.807) is 6.08 Å². The molecule has 0 bridgehead atoms. The summed E-state index contributed by atoms with van der Waals surface area (Å²) in [5.74, 6) is -0.313. The lowest BCUT2D eigenvalue weighted by Crippen LogP contribution is -2.40. The lowest BCUT2D eigenvalue weighted by atomic mass is 10.2. The van der Waals surface area contributed by atoms with E-state index in [0.29, 0.717) is 6.61 Å². The van der Waals surface area contributed by atoms with E-state index >= 15 is 0 Å². The van der Waals surface area contributed by atoms with Gasteiger partial charge in [-0.15, -0.1) is 0 Å². The second-order valence-corrected chi connectivity index (χ2v) is 10.2. The van der Waals surface area contributed by atoms with Gasteiger partial charge in [-0.2, -0.15) is 0 Å². The molecule has 0 aliphatic carbocycles. The predicted molar refractivity (Wildman–Crippen MR) is 73.2 cm³/mol. The molecule has 0 spiro atoms. The average molecular weight is 256 g/mol. The lowest BCUT2D eigenvalue weighted by Gasteiger charge is -2.35. The fourth-order valence-corrected chi connectivity index (χ4v) is 1.73. The maximum atomic E-state index is 10.5. The second-order valence-electron chi connectivity index (χ2n) is 5.44. The molecule has 0 aliphatic heterocycles. The molecular formula is C13H24O3Si. The van der Waals surface area contributed by atoms with Crippen LogP contribution in [0.4, 0.5) is 0 Å². The van der Waals surface area contributed by atoms with Crippen LogP contribution in [0.25, 0.3) is 0 Å². The Morgan fingerprint density at radius 2 is 1.82 bits per heavy atom. The first kappa shape index (κ1) is 16.1. The number of rotatable bonds is 5. The molecule has 0 heterocycles. The number of hydrogen-bond donors (Lipinski definition) is 0. The van der Waals surface area contributed by atoms with Crippen LogP contribution < -0.4 is 0 Å². The number of hydrogen-bond acceptors (Lipinski definition) is 3. The highest BCUT2D eigenvalue weighted by atomic mass is 28.4. The Morgan fingerprint density at radius 3 is 2.29 bits per heavy atom. The summed E-state index contributed by atoms with van der Waals surface area (Å²) in [5, 5.41) is 0.231. The Labute approximate surface area is 106 Å². The normalized spacial score (nSPS) is 13.5. The molecule has 0 saturated heterocycles. The van der Waals surface area contributed by atoms with Crippen LogP contribution in [-0.4, -0.2) is 20.9 Å². The molecule has 0 atom stereocenters. The lowest BCUT2D eigenvalue weighted by molar-refractivity contribution is -0.135. The standard InChI is InChI=1S/C13H24O3Si/c1-12(14)15-10-8-7-9-11-16-17(5,6)13(2,3)4/h7-10H,11H2,1-6H3/b9-7+,10-8+. The maximum Gasteiger partial charge on any atom is 0.307 e. The minimum atomic E-state index is -1.65. The first-order valence-electron chi connectivity index (χ1n) is 5.79. The summed E-state index contributed by atoms with van der Waals surface area (Å²) in [4.78, 5) is 10.5. The largest absolute Gasteiger partial charge is 0.435 e. The SMILES string of the molecule is CC(=O)O/C=C/C=C/CO[Si](C)(C)C(C)(C)C. The topological polar surface area (TPSA) is 35.5 Å². The minimum absolute atomic E-state index is 0.231. The molecule has 0 aromatic heterocycles. The van der Waals surface area contributed by atoms with Crippen molar-refractivity contribution in [2.24, 2.45) is 0 Å². The maximum absolute atomic E-state index is 10.5. The Balaban J connectivity index is 3.96. The first-order chi connectivity index (χ1) is 7.67. The van der Waals surface area contributed by atoms with Gasteiger partial charge in [0.15, 0.2) is 8.32 Å². The zero-order valence-electron chi connectivity index (χ0n) is 11.7. The van der Waals surface area contributed by atoms with Crippen molar-refractivity contribution in [1.29, 1.82) is 0 Å². The molecule has 3 nitrogen and oxygen atoms in total. The van der Waals surface area contributed by atoms with Crippen LogP contribution in [0, 0.1) is 0 Å². The third-order valence-electron chi connectivity index (χ3n) is 2.91. The van der Waals surface area contributed by atoms with Crippen molar-refractivity contribution >= 4 is 14.3 Å². The number of esters is 1. The summed E-state index contributed by atoms with van der Waals surface area (Å²) in [6.07, 6.45) is 6.78. The van der Waals surface area contributed by atoms with Gasteiger partial charge in [-0.25, -0.2) is 0 Å². The quantitative estimate of drug-likeness (QED) is 0.326. The van der Waals surface area contributed by atoms with Crippen molar-refractivity contribution < 1.29 is 14.0 Å². The summed E-state index contributed by atoms with van der Waals surface area (Å²) in [6, 6.07) is 0. The van der Waals surface area contributed by atoms with E-state index < -0.39 is 8.32 Å². The fraction of sp³-hybridized carbons (Fsp3) is 0.615. The van der Waals surface area contributed by atoms with E-state index in [9.17, 15) is 4.79 Å². The third kappa shape index (κ3) is 7.12. The summed E-state index contributed by atoms with van der Waals surface area (Å²) in [5.41, 5.74) is 0. The van der Waals surface area contributed by atoms with E-state index in [1.807, 2.05) is 12.2 Å². The van der Waals surface area contributed by atoms with E-state index in [1.165, 1.54) is 13.2 Å². The molecule has 0 unspecified atom stereocenters. The van der Waals surface area contributed by atoms with Crippen LogP contribution in [-0.2, 0) is 14.0 Å². The van der Waals surface area contributed by atoms with Crippen LogP contribution in [0.5, 0.6) is 0 Å². The molecule has 0 aromatic carbocycles. The Kier molecular flexibility index (Phi) is 6.42. The monoisotopic (exact) mass is 256 g/mol. The van der Waals surface area contributed by atoms with Gasteiger partial charge in [-0.3, -0.25) is 4.79 Å². The molecule has 0 amide bonds. The van der Waals surface area contributed by atoms with Crippen LogP contribution in [0.3, 0.4) is 0 Å². The van der Waals surface area contributed by atoms with Crippen molar-refractivity contribution in [2.45, 2.75) is 45.8 Å². The number of carbonyl (C=O) groups is 1. The molecule has 0 aromatic rings.